The van der Waals surface area contributed by atoms with Gasteiger partial charge in [-0.3, -0.25) is 19.4 Å². The monoisotopic (exact) mass is 358 g/mol. The molecule has 3 N–H and O–H groups in total. The molecule has 4 aromatic rings. The van der Waals surface area contributed by atoms with Crippen molar-refractivity contribution in [3.63, 3.8) is 0 Å². The maximum absolute atomic E-state index is 12.5. The van der Waals surface area contributed by atoms with Gasteiger partial charge in [0.25, 0.3) is 11.1 Å². The van der Waals surface area contributed by atoms with Crippen LogP contribution < -0.4 is 21.8 Å². The van der Waals surface area contributed by atoms with Crippen LogP contribution in [0.4, 0.5) is 22.7 Å². The van der Waals surface area contributed by atoms with Gasteiger partial charge in [-0.25, -0.2) is 0 Å². The van der Waals surface area contributed by atoms with E-state index in [1.165, 1.54) is 11.7 Å². The number of hydrogen-bond donors (Lipinski definition) is 3. The first-order chi connectivity index (χ1) is 13.1. The Kier molecular flexibility index (Phi) is 4.22. The molecule has 0 atom stereocenters. The van der Waals surface area contributed by atoms with Gasteiger partial charge in [0.05, 0.1) is 22.1 Å². The number of nitrogens with zero attached hydrogens (tertiary/aromatic N) is 1. The van der Waals surface area contributed by atoms with Crippen LogP contribution in [0, 0.1) is 0 Å². The average molecular weight is 358 g/mol. The predicted molar refractivity (Wildman–Crippen MR) is 109 cm³/mol. The van der Waals surface area contributed by atoms with E-state index in [0.717, 1.165) is 11.4 Å². The van der Waals surface area contributed by atoms with Gasteiger partial charge in [-0.2, -0.15) is 0 Å². The van der Waals surface area contributed by atoms with Crippen LogP contribution >= 0.6 is 0 Å². The number of H-pyrrole nitrogens is 1. The molecule has 0 radical (unpaired) electrons. The van der Waals surface area contributed by atoms with Crippen molar-refractivity contribution in [3.05, 3.63) is 93.5 Å². The number of para-hydroxylation sites is 2. The number of hydrogen-bond acceptors (Lipinski definition) is 4. The van der Waals surface area contributed by atoms with E-state index in [1.54, 1.807) is 12.1 Å². The molecule has 0 aliphatic rings. The molecule has 0 saturated heterocycles. The highest BCUT2D eigenvalue weighted by Crippen LogP contribution is 2.31. The number of fused-ring (bicyclic) bond motifs is 1. The molecule has 0 bridgehead atoms. The Balaban J connectivity index is 1.91. The zero-order chi connectivity index (χ0) is 18.8. The van der Waals surface area contributed by atoms with Crippen LogP contribution in [-0.4, -0.2) is 9.78 Å². The minimum Gasteiger partial charge on any atom is -0.354 e. The quantitative estimate of drug-likeness (QED) is 0.520. The lowest BCUT2D eigenvalue weighted by molar-refractivity contribution is 0.704. The summed E-state index contributed by atoms with van der Waals surface area (Å²) in [5.41, 5.74) is 2.61. The van der Waals surface area contributed by atoms with Crippen molar-refractivity contribution < 1.29 is 0 Å². The normalized spacial score (nSPS) is 10.7. The van der Waals surface area contributed by atoms with Crippen molar-refractivity contribution in [3.8, 4) is 0 Å². The molecule has 4 rings (SSSR count). The molecule has 6 heteroatoms. The minimum absolute atomic E-state index is 0.257. The predicted octanol–water partition coefficient (Wildman–Crippen LogP) is 3.71. The van der Waals surface area contributed by atoms with E-state index in [9.17, 15) is 9.59 Å². The molecule has 1 heterocycles. The lowest BCUT2D eigenvalue weighted by Crippen LogP contribution is -2.27. The molecule has 27 heavy (non-hydrogen) atoms. The SMILES string of the molecule is Cn1[nH]c(=O)c2cc(Nc3ccccc3)c(Nc3ccccc3)cc2c1=O. The van der Waals surface area contributed by atoms with Crippen molar-refractivity contribution in [2.45, 2.75) is 0 Å². The Morgan fingerprint density at radius 3 is 1.74 bits per heavy atom. The van der Waals surface area contributed by atoms with E-state index in [4.69, 9.17) is 0 Å². The summed E-state index contributed by atoms with van der Waals surface area (Å²) in [6, 6.07) is 22.7. The van der Waals surface area contributed by atoms with E-state index in [-0.39, 0.29) is 11.1 Å². The number of anilines is 4. The third-order valence-electron chi connectivity index (χ3n) is 4.31. The Labute approximate surface area is 155 Å². The van der Waals surface area contributed by atoms with Crippen molar-refractivity contribution in [1.82, 2.24) is 9.78 Å². The molecule has 0 fully saturated rings. The van der Waals surface area contributed by atoms with Crippen LogP contribution in [0.25, 0.3) is 10.8 Å². The number of aromatic nitrogens is 2. The molecule has 1 aromatic heterocycles. The lowest BCUT2D eigenvalue weighted by Gasteiger charge is -2.15. The van der Waals surface area contributed by atoms with Crippen LogP contribution in [0.3, 0.4) is 0 Å². The van der Waals surface area contributed by atoms with Gasteiger partial charge in [-0.15, -0.1) is 0 Å². The van der Waals surface area contributed by atoms with Gasteiger partial charge in [0.15, 0.2) is 0 Å². The third kappa shape index (κ3) is 3.32. The van der Waals surface area contributed by atoms with E-state index in [0.29, 0.717) is 22.1 Å². The van der Waals surface area contributed by atoms with Gasteiger partial charge < -0.3 is 10.6 Å². The maximum Gasteiger partial charge on any atom is 0.272 e. The molecule has 6 nitrogen and oxygen atoms in total. The summed E-state index contributed by atoms with van der Waals surface area (Å²) >= 11 is 0. The molecule has 134 valence electrons. The number of rotatable bonds is 4. The average Bonchev–Trinajstić information content (AvgIpc) is 2.69. The molecule has 0 aliphatic heterocycles. The Morgan fingerprint density at radius 2 is 1.22 bits per heavy atom. The summed E-state index contributed by atoms with van der Waals surface area (Å²) in [4.78, 5) is 24.9. The summed E-state index contributed by atoms with van der Waals surface area (Å²) in [5.74, 6) is 0. The van der Waals surface area contributed by atoms with Gasteiger partial charge >= 0.3 is 0 Å². The molecule has 3 aromatic carbocycles. The van der Waals surface area contributed by atoms with E-state index < -0.39 is 0 Å². The smallest absolute Gasteiger partial charge is 0.272 e. The molecule has 0 aliphatic carbocycles. The highest BCUT2D eigenvalue weighted by Gasteiger charge is 2.12. The summed E-state index contributed by atoms with van der Waals surface area (Å²) in [6.07, 6.45) is 0. The van der Waals surface area contributed by atoms with Crippen LogP contribution in [0.5, 0.6) is 0 Å². The zero-order valence-electron chi connectivity index (χ0n) is 14.7. The van der Waals surface area contributed by atoms with Crippen molar-refractivity contribution in [2.24, 2.45) is 7.05 Å². The van der Waals surface area contributed by atoms with Gasteiger partial charge in [0.1, 0.15) is 0 Å². The van der Waals surface area contributed by atoms with Crippen LogP contribution in [0.15, 0.2) is 82.4 Å². The number of aryl methyl sites for hydroxylation is 1. The highest BCUT2D eigenvalue weighted by molar-refractivity contribution is 5.93. The first-order valence-corrected chi connectivity index (χ1v) is 8.53. The fourth-order valence-electron chi connectivity index (χ4n) is 2.97. The second kappa shape index (κ2) is 6.84. The number of nitrogens with one attached hydrogen (secondary N) is 3. The van der Waals surface area contributed by atoms with Gasteiger partial charge in [-0.05, 0) is 36.4 Å². The van der Waals surface area contributed by atoms with Crippen LogP contribution in [-0.2, 0) is 7.05 Å². The largest absolute Gasteiger partial charge is 0.354 e. The van der Waals surface area contributed by atoms with E-state index in [2.05, 4.69) is 15.7 Å². The van der Waals surface area contributed by atoms with Crippen LogP contribution in [0.2, 0.25) is 0 Å². The third-order valence-corrected chi connectivity index (χ3v) is 4.31. The van der Waals surface area contributed by atoms with Crippen molar-refractivity contribution in [1.29, 1.82) is 0 Å². The van der Waals surface area contributed by atoms with Crippen molar-refractivity contribution >= 4 is 33.5 Å². The Morgan fingerprint density at radius 1 is 0.741 bits per heavy atom. The molecular weight excluding hydrogens is 340 g/mol. The molecule has 0 amide bonds. The lowest BCUT2D eigenvalue weighted by atomic mass is 10.1. The fraction of sp³-hybridized carbons (Fsp3) is 0.0476. The highest BCUT2D eigenvalue weighted by atomic mass is 16.1. The summed E-state index contributed by atoms with van der Waals surface area (Å²) in [5, 5.41) is 9.89. The second-order valence-electron chi connectivity index (χ2n) is 6.23. The van der Waals surface area contributed by atoms with Gasteiger partial charge in [-0.1, -0.05) is 36.4 Å². The molecule has 0 spiro atoms. The summed E-state index contributed by atoms with van der Waals surface area (Å²) in [6.45, 7) is 0. The summed E-state index contributed by atoms with van der Waals surface area (Å²) < 4.78 is 1.20. The zero-order valence-corrected chi connectivity index (χ0v) is 14.7. The van der Waals surface area contributed by atoms with Crippen molar-refractivity contribution in [2.75, 3.05) is 10.6 Å². The maximum atomic E-state index is 12.5. The number of benzene rings is 3. The topological polar surface area (TPSA) is 78.9 Å². The molecule has 0 unspecified atom stereocenters. The minimum atomic E-state index is -0.311. The van der Waals surface area contributed by atoms with Gasteiger partial charge in [0.2, 0.25) is 0 Å². The van der Waals surface area contributed by atoms with Crippen LogP contribution in [0.1, 0.15) is 0 Å². The summed E-state index contributed by atoms with van der Waals surface area (Å²) in [7, 11) is 1.53. The van der Waals surface area contributed by atoms with Gasteiger partial charge in [0, 0.05) is 18.4 Å². The second-order valence-corrected chi connectivity index (χ2v) is 6.23. The molecular formula is C21H18N4O2. The molecule has 0 saturated carbocycles. The number of aromatic amines is 1. The Bertz CT molecular complexity index is 1210. The fourth-order valence-corrected chi connectivity index (χ4v) is 2.97. The van der Waals surface area contributed by atoms with E-state index in [1.807, 2.05) is 60.7 Å². The first-order valence-electron chi connectivity index (χ1n) is 8.53. The Hall–Kier alpha value is -3.80. The first kappa shape index (κ1) is 16.7. The standard InChI is InChI=1S/C21H18N4O2/c1-25-21(27)17-13-19(23-15-10-6-3-7-11-15)18(12-16(17)20(26)24-25)22-14-8-4-2-5-9-14/h2-13,22-23H,1H3,(H,24,26). The van der Waals surface area contributed by atoms with E-state index >= 15 is 0 Å².